The van der Waals surface area contributed by atoms with E-state index in [-0.39, 0.29) is 6.10 Å². The molecule has 0 radical (unpaired) electrons. The zero-order valence-electron chi connectivity index (χ0n) is 11.0. The van der Waals surface area contributed by atoms with Crippen molar-refractivity contribution in [2.24, 2.45) is 0 Å². The Bertz CT molecular complexity index is 752. The SMILES string of the molecule is CC(O)Cc1cccc(-n2nc3ccc(Br)cc3n2)c1. The molecule has 1 N–H and O–H groups in total. The first-order valence-corrected chi connectivity index (χ1v) is 7.21. The fourth-order valence-corrected chi connectivity index (χ4v) is 2.50. The van der Waals surface area contributed by atoms with E-state index in [1.807, 2.05) is 42.5 Å². The lowest BCUT2D eigenvalue weighted by Gasteiger charge is -2.06. The van der Waals surface area contributed by atoms with Crippen molar-refractivity contribution in [1.29, 1.82) is 0 Å². The van der Waals surface area contributed by atoms with Gasteiger partial charge in [-0.15, -0.1) is 10.2 Å². The number of halogens is 1. The fourth-order valence-electron chi connectivity index (χ4n) is 2.15. The smallest absolute Gasteiger partial charge is 0.114 e. The zero-order valence-corrected chi connectivity index (χ0v) is 12.6. The molecule has 0 amide bonds. The van der Waals surface area contributed by atoms with Gasteiger partial charge < -0.3 is 5.11 Å². The predicted octanol–water partition coefficient (Wildman–Crippen LogP) is 3.11. The Morgan fingerprint density at radius 3 is 2.75 bits per heavy atom. The molecule has 1 unspecified atom stereocenters. The Labute approximate surface area is 125 Å². The van der Waals surface area contributed by atoms with E-state index in [2.05, 4.69) is 26.1 Å². The molecule has 0 saturated heterocycles. The second kappa shape index (κ2) is 5.34. The first-order valence-electron chi connectivity index (χ1n) is 6.42. The van der Waals surface area contributed by atoms with Crippen LogP contribution in [0.15, 0.2) is 46.9 Å². The first-order chi connectivity index (χ1) is 9.61. The van der Waals surface area contributed by atoms with Gasteiger partial charge in [0, 0.05) is 4.47 Å². The highest BCUT2D eigenvalue weighted by atomic mass is 79.9. The van der Waals surface area contributed by atoms with Crippen LogP contribution in [0.5, 0.6) is 0 Å². The van der Waals surface area contributed by atoms with Crippen LogP contribution in [0.4, 0.5) is 0 Å². The summed E-state index contributed by atoms with van der Waals surface area (Å²) in [5, 5.41) is 18.4. The monoisotopic (exact) mass is 331 g/mol. The summed E-state index contributed by atoms with van der Waals surface area (Å²) in [5.74, 6) is 0. The summed E-state index contributed by atoms with van der Waals surface area (Å²) in [7, 11) is 0. The van der Waals surface area contributed by atoms with E-state index in [9.17, 15) is 5.11 Å². The largest absolute Gasteiger partial charge is 0.393 e. The van der Waals surface area contributed by atoms with E-state index >= 15 is 0 Å². The molecule has 5 heteroatoms. The van der Waals surface area contributed by atoms with Crippen molar-refractivity contribution in [3.05, 3.63) is 52.5 Å². The van der Waals surface area contributed by atoms with Gasteiger partial charge in [-0.2, -0.15) is 4.80 Å². The fraction of sp³-hybridized carbons (Fsp3) is 0.200. The van der Waals surface area contributed by atoms with E-state index in [0.29, 0.717) is 6.42 Å². The minimum absolute atomic E-state index is 0.356. The summed E-state index contributed by atoms with van der Waals surface area (Å²) in [6.07, 6.45) is 0.269. The van der Waals surface area contributed by atoms with Gasteiger partial charge in [0.25, 0.3) is 0 Å². The Morgan fingerprint density at radius 1 is 1.15 bits per heavy atom. The van der Waals surface area contributed by atoms with Crippen molar-refractivity contribution < 1.29 is 5.11 Å². The minimum Gasteiger partial charge on any atom is -0.393 e. The number of hydrogen-bond acceptors (Lipinski definition) is 3. The van der Waals surface area contributed by atoms with Crippen LogP contribution in [0.2, 0.25) is 0 Å². The molecule has 0 aliphatic heterocycles. The van der Waals surface area contributed by atoms with E-state index in [4.69, 9.17) is 0 Å². The molecule has 4 nitrogen and oxygen atoms in total. The second-order valence-corrected chi connectivity index (χ2v) is 5.76. The van der Waals surface area contributed by atoms with Crippen LogP contribution in [0.25, 0.3) is 16.7 Å². The molecule has 0 spiro atoms. The minimum atomic E-state index is -0.356. The second-order valence-electron chi connectivity index (χ2n) is 4.85. The Balaban J connectivity index is 2.01. The van der Waals surface area contributed by atoms with Crippen LogP contribution in [0, 0.1) is 0 Å². The number of rotatable bonds is 3. The maximum Gasteiger partial charge on any atom is 0.114 e. The third kappa shape index (κ3) is 2.73. The molecule has 102 valence electrons. The molecule has 0 aliphatic rings. The highest BCUT2D eigenvalue weighted by Gasteiger charge is 2.06. The van der Waals surface area contributed by atoms with Crippen molar-refractivity contribution in [2.75, 3.05) is 0 Å². The lowest BCUT2D eigenvalue weighted by atomic mass is 10.1. The van der Waals surface area contributed by atoms with Crippen molar-refractivity contribution in [1.82, 2.24) is 15.0 Å². The van der Waals surface area contributed by atoms with Crippen LogP contribution in [0.3, 0.4) is 0 Å². The van der Waals surface area contributed by atoms with Gasteiger partial charge in [-0.25, -0.2) is 0 Å². The van der Waals surface area contributed by atoms with Crippen LogP contribution in [0.1, 0.15) is 12.5 Å². The first kappa shape index (κ1) is 13.3. The number of nitrogens with zero attached hydrogens (tertiary/aromatic N) is 3. The van der Waals surface area contributed by atoms with Gasteiger partial charge in [0.2, 0.25) is 0 Å². The topological polar surface area (TPSA) is 50.9 Å². The van der Waals surface area contributed by atoms with Gasteiger partial charge in [0.05, 0.1) is 11.8 Å². The van der Waals surface area contributed by atoms with E-state index < -0.39 is 0 Å². The Morgan fingerprint density at radius 2 is 1.95 bits per heavy atom. The summed E-state index contributed by atoms with van der Waals surface area (Å²) in [6.45, 7) is 1.78. The molecule has 0 aliphatic carbocycles. The van der Waals surface area contributed by atoms with E-state index in [1.165, 1.54) is 0 Å². The molecule has 1 atom stereocenters. The summed E-state index contributed by atoms with van der Waals surface area (Å²) < 4.78 is 0.986. The average molecular weight is 332 g/mol. The molecular formula is C15H14BrN3O. The molecular weight excluding hydrogens is 318 g/mol. The normalized spacial score (nSPS) is 12.8. The summed E-state index contributed by atoms with van der Waals surface area (Å²) in [4.78, 5) is 1.63. The lowest BCUT2D eigenvalue weighted by molar-refractivity contribution is 0.195. The van der Waals surface area contributed by atoms with Gasteiger partial charge >= 0.3 is 0 Å². The Hall–Kier alpha value is -1.72. The van der Waals surface area contributed by atoms with Gasteiger partial charge in [-0.3, -0.25) is 0 Å². The Kier molecular flexibility index (Phi) is 3.54. The number of benzene rings is 2. The summed E-state index contributed by atoms with van der Waals surface area (Å²) in [5.41, 5.74) is 3.67. The van der Waals surface area contributed by atoms with Crippen LogP contribution < -0.4 is 0 Å². The molecule has 0 fully saturated rings. The quantitative estimate of drug-likeness (QED) is 0.802. The molecule has 0 bridgehead atoms. The number of aliphatic hydroxyl groups is 1. The van der Waals surface area contributed by atoms with E-state index in [1.54, 1.807) is 11.7 Å². The van der Waals surface area contributed by atoms with Crippen LogP contribution >= 0.6 is 15.9 Å². The summed E-state index contributed by atoms with van der Waals surface area (Å²) >= 11 is 3.43. The van der Waals surface area contributed by atoms with Gasteiger partial charge in [0.15, 0.2) is 0 Å². The van der Waals surface area contributed by atoms with Crippen molar-refractivity contribution in [3.63, 3.8) is 0 Å². The number of fused-ring (bicyclic) bond motifs is 1. The molecule has 3 aromatic rings. The third-order valence-electron chi connectivity index (χ3n) is 3.01. The number of aromatic nitrogens is 3. The lowest BCUT2D eigenvalue weighted by Crippen LogP contribution is -2.05. The zero-order chi connectivity index (χ0) is 14.1. The molecule has 1 aromatic heterocycles. The molecule has 0 saturated carbocycles. The number of hydrogen-bond donors (Lipinski definition) is 1. The number of aliphatic hydroxyl groups excluding tert-OH is 1. The molecule has 3 rings (SSSR count). The molecule has 2 aromatic carbocycles. The van der Waals surface area contributed by atoms with E-state index in [0.717, 1.165) is 26.8 Å². The van der Waals surface area contributed by atoms with Crippen molar-refractivity contribution in [2.45, 2.75) is 19.4 Å². The highest BCUT2D eigenvalue weighted by molar-refractivity contribution is 9.10. The standard InChI is InChI=1S/C15H14BrN3O/c1-10(20)7-11-3-2-4-13(8-11)19-17-14-6-5-12(16)9-15(14)18-19/h2-6,8-10,20H,7H2,1H3. The molecule has 1 heterocycles. The van der Waals surface area contributed by atoms with Gasteiger partial charge in [0.1, 0.15) is 11.0 Å². The average Bonchev–Trinajstić information content (AvgIpc) is 2.81. The van der Waals surface area contributed by atoms with Crippen LogP contribution in [-0.2, 0) is 6.42 Å². The summed E-state index contributed by atoms with van der Waals surface area (Å²) in [6, 6.07) is 13.7. The van der Waals surface area contributed by atoms with Gasteiger partial charge in [-0.1, -0.05) is 28.1 Å². The maximum atomic E-state index is 9.47. The maximum absolute atomic E-state index is 9.47. The predicted molar refractivity (Wildman–Crippen MR) is 81.9 cm³/mol. The highest BCUT2D eigenvalue weighted by Crippen LogP contribution is 2.18. The van der Waals surface area contributed by atoms with Gasteiger partial charge in [-0.05, 0) is 49.2 Å². The third-order valence-corrected chi connectivity index (χ3v) is 3.51. The van der Waals surface area contributed by atoms with Crippen molar-refractivity contribution >= 4 is 27.0 Å². The van der Waals surface area contributed by atoms with Crippen LogP contribution in [-0.4, -0.2) is 26.2 Å². The molecule has 20 heavy (non-hydrogen) atoms. The van der Waals surface area contributed by atoms with Crippen molar-refractivity contribution in [3.8, 4) is 5.69 Å².